The maximum atomic E-state index is 5.33. The Balaban J connectivity index is 1.60. The van der Waals surface area contributed by atoms with Crippen LogP contribution < -0.4 is 0 Å². The first-order valence-electron chi connectivity index (χ1n) is 12.8. The number of fused-ring (bicyclic) bond motifs is 9. The first-order chi connectivity index (χ1) is 18.9. The first kappa shape index (κ1) is 21.0. The van der Waals surface area contributed by atoms with Crippen LogP contribution >= 0.6 is 0 Å². The third-order valence-electron chi connectivity index (χ3n) is 7.53. The van der Waals surface area contributed by atoms with Gasteiger partial charge in [0.15, 0.2) is 0 Å². The van der Waals surface area contributed by atoms with Gasteiger partial charge in [0.05, 0.1) is 22.2 Å². The maximum absolute atomic E-state index is 5.33. The number of hydrogen-bond donors (Lipinski definition) is 0. The third-order valence-corrected chi connectivity index (χ3v) is 7.53. The van der Waals surface area contributed by atoms with E-state index in [1.54, 1.807) is 0 Å². The van der Waals surface area contributed by atoms with Gasteiger partial charge in [0.25, 0.3) is 0 Å². The van der Waals surface area contributed by atoms with E-state index in [0.29, 0.717) is 0 Å². The van der Waals surface area contributed by atoms with E-state index in [1.165, 1.54) is 27.3 Å². The summed E-state index contributed by atoms with van der Waals surface area (Å²) in [4.78, 5) is 14.9. The van der Waals surface area contributed by atoms with Crippen LogP contribution in [-0.4, -0.2) is 15.0 Å². The lowest BCUT2D eigenvalue weighted by molar-refractivity contribution is 1.38. The zero-order valence-electron chi connectivity index (χ0n) is 20.5. The molecule has 8 rings (SSSR count). The average Bonchev–Trinajstić information content (AvgIpc) is 3.00. The number of pyridine rings is 3. The number of hydrogen-bond acceptors (Lipinski definition) is 3. The number of aromatic nitrogens is 3. The molecule has 0 aliphatic heterocycles. The summed E-state index contributed by atoms with van der Waals surface area (Å²) in [6.07, 6.45) is 3.70. The lowest BCUT2D eigenvalue weighted by atomic mass is 9.89. The summed E-state index contributed by atoms with van der Waals surface area (Å²) in [5.41, 5.74) is 7.30. The van der Waals surface area contributed by atoms with E-state index in [2.05, 4.69) is 103 Å². The van der Waals surface area contributed by atoms with Crippen LogP contribution in [0.4, 0.5) is 0 Å². The molecule has 3 aromatic heterocycles. The standard InChI is InChI=1S/C35H21N3/c1-2-10-22(11-3-1)23-18-19-26(25-13-5-4-12-24(23)25)33-32-29-16-9-21-37-35(29)34-28(15-8-20-36-34)31(32)27-14-6-7-17-30(27)38-33/h1-21H. The second-order valence-corrected chi connectivity index (χ2v) is 9.60. The Kier molecular flexibility index (Phi) is 4.52. The van der Waals surface area contributed by atoms with Crippen molar-refractivity contribution in [2.75, 3.05) is 0 Å². The van der Waals surface area contributed by atoms with E-state index in [4.69, 9.17) is 15.0 Å². The SMILES string of the molecule is c1ccc(-c2ccc(-c3nc4ccccc4c4c5cccnc5c5ncccc5c34)c3ccccc23)cc1. The highest BCUT2D eigenvalue weighted by molar-refractivity contribution is 6.32. The highest BCUT2D eigenvalue weighted by atomic mass is 14.7. The van der Waals surface area contributed by atoms with Crippen LogP contribution in [0.15, 0.2) is 128 Å². The molecule has 8 aromatic rings. The Bertz CT molecular complexity index is 2180. The Morgan fingerprint density at radius 2 is 0.947 bits per heavy atom. The molecule has 0 aliphatic rings. The number of nitrogens with zero attached hydrogens (tertiary/aromatic N) is 3. The summed E-state index contributed by atoms with van der Waals surface area (Å²) in [6, 6.07) is 40.4. The second-order valence-electron chi connectivity index (χ2n) is 9.60. The van der Waals surface area contributed by atoms with Gasteiger partial charge in [-0.25, -0.2) is 4.98 Å². The molecular formula is C35H21N3. The molecule has 5 aromatic carbocycles. The van der Waals surface area contributed by atoms with Crippen molar-refractivity contribution >= 4 is 54.3 Å². The summed E-state index contributed by atoms with van der Waals surface area (Å²) in [6.45, 7) is 0. The van der Waals surface area contributed by atoms with E-state index in [9.17, 15) is 0 Å². The molecule has 38 heavy (non-hydrogen) atoms. The highest BCUT2D eigenvalue weighted by Gasteiger charge is 2.20. The van der Waals surface area contributed by atoms with Crippen LogP contribution in [0.3, 0.4) is 0 Å². The summed E-state index contributed by atoms with van der Waals surface area (Å²) in [5, 5.41) is 7.97. The van der Waals surface area contributed by atoms with E-state index in [0.717, 1.165) is 49.4 Å². The van der Waals surface area contributed by atoms with Gasteiger partial charge in [-0.15, -0.1) is 0 Å². The lowest BCUT2D eigenvalue weighted by Crippen LogP contribution is -1.95. The molecule has 0 saturated heterocycles. The maximum Gasteiger partial charge on any atom is 0.0971 e. The smallest absolute Gasteiger partial charge is 0.0971 e. The molecule has 0 atom stereocenters. The molecule has 3 heterocycles. The van der Waals surface area contributed by atoms with Gasteiger partial charge < -0.3 is 0 Å². The molecule has 0 amide bonds. The Morgan fingerprint density at radius 1 is 0.395 bits per heavy atom. The highest BCUT2D eigenvalue weighted by Crippen LogP contribution is 2.44. The van der Waals surface area contributed by atoms with Gasteiger partial charge in [-0.05, 0) is 40.1 Å². The van der Waals surface area contributed by atoms with Crippen molar-refractivity contribution in [2.45, 2.75) is 0 Å². The van der Waals surface area contributed by atoms with Crippen molar-refractivity contribution in [3.63, 3.8) is 0 Å². The zero-order chi connectivity index (χ0) is 25.1. The van der Waals surface area contributed by atoms with Crippen molar-refractivity contribution in [2.24, 2.45) is 0 Å². The molecule has 3 heteroatoms. The Labute approximate surface area is 219 Å². The molecule has 176 valence electrons. The van der Waals surface area contributed by atoms with Crippen LogP contribution in [-0.2, 0) is 0 Å². The van der Waals surface area contributed by atoms with E-state index >= 15 is 0 Å². The van der Waals surface area contributed by atoms with Gasteiger partial charge in [0.1, 0.15) is 0 Å². The molecule has 0 fully saturated rings. The molecule has 0 radical (unpaired) electrons. The largest absolute Gasteiger partial charge is 0.254 e. The summed E-state index contributed by atoms with van der Waals surface area (Å²) in [5.74, 6) is 0. The van der Waals surface area contributed by atoms with Gasteiger partial charge in [-0.3, -0.25) is 9.97 Å². The second kappa shape index (κ2) is 8.19. The molecule has 0 saturated carbocycles. The summed E-state index contributed by atoms with van der Waals surface area (Å²) >= 11 is 0. The fourth-order valence-corrected chi connectivity index (χ4v) is 5.92. The minimum atomic E-state index is 0.902. The predicted molar refractivity (Wildman–Crippen MR) is 158 cm³/mol. The molecule has 0 bridgehead atoms. The topological polar surface area (TPSA) is 38.7 Å². The fraction of sp³-hybridized carbons (Fsp3) is 0. The minimum Gasteiger partial charge on any atom is -0.254 e. The summed E-state index contributed by atoms with van der Waals surface area (Å²) < 4.78 is 0. The number of benzene rings is 5. The molecule has 0 unspecified atom stereocenters. The molecular weight excluding hydrogens is 462 g/mol. The van der Waals surface area contributed by atoms with Crippen molar-refractivity contribution in [3.8, 4) is 22.4 Å². The van der Waals surface area contributed by atoms with Crippen LogP contribution in [0.25, 0.3) is 76.6 Å². The molecule has 3 nitrogen and oxygen atoms in total. The summed E-state index contributed by atoms with van der Waals surface area (Å²) in [7, 11) is 0. The van der Waals surface area contributed by atoms with Crippen LogP contribution in [0.5, 0.6) is 0 Å². The molecule has 0 N–H and O–H groups in total. The van der Waals surface area contributed by atoms with Gasteiger partial charge in [-0.1, -0.05) is 97.1 Å². The van der Waals surface area contributed by atoms with Crippen LogP contribution in [0.1, 0.15) is 0 Å². The van der Waals surface area contributed by atoms with Crippen molar-refractivity contribution in [1.82, 2.24) is 15.0 Å². The first-order valence-corrected chi connectivity index (χ1v) is 12.8. The third kappa shape index (κ3) is 2.99. The van der Waals surface area contributed by atoms with E-state index < -0.39 is 0 Å². The van der Waals surface area contributed by atoms with Crippen molar-refractivity contribution < 1.29 is 0 Å². The van der Waals surface area contributed by atoms with Gasteiger partial charge in [0.2, 0.25) is 0 Å². The van der Waals surface area contributed by atoms with E-state index in [1.807, 2.05) is 24.5 Å². The zero-order valence-corrected chi connectivity index (χ0v) is 20.5. The van der Waals surface area contributed by atoms with Crippen LogP contribution in [0, 0.1) is 0 Å². The lowest BCUT2D eigenvalue weighted by Gasteiger charge is -2.17. The van der Waals surface area contributed by atoms with Gasteiger partial charge in [-0.2, -0.15) is 0 Å². The predicted octanol–water partition coefficient (Wildman–Crippen LogP) is 8.97. The van der Waals surface area contributed by atoms with Crippen LogP contribution in [0.2, 0.25) is 0 Å². The van der Waals surface area contributed by atoms with Gasteiger partial charge >= 0.3 is 0 Å². The number of para-hydroxylation sites is 1. The molecule has 0 spiro atoms. The molecule has 0 aliphatic carbocycles. The Morgan fingerprint density at radius 3 is 1.68 bits per heavy atom. The van der Waals surface area contributed by atoms with Crippen molar-refractivity contribution in [1.29, 1.82) is 0 Å². The Hall–Kier alpha value is -5.15. The van der Waals surface area contributed by atoms with E-state index in [-0.39, 0.29) is 0 Å². The monoisotopic (exact) mass is 483 g/mol. The normalized spacial score (nSPS) is 11.7. The fourth-order valence-electron chi connectivity index (χ4n) is 5.92. The van der Waals surface area contributed by atoms with Gasteiger partial charge in [0, 0.05) is 44.9 Å². The number of rotatable bonds is 2. The quantitative estimate of drug-likeness (QED) is 0.230. The average molecular weight is 484 g/mol. The minimum absolute atomic E-state index is 0.902. The van der Waals surface area contributed by atoms with Crippen molar-refractivity contribution in [3.05, 3.63) is 128 Å².